The second kappa shape index (κ2) is 8.28. The number of hydrogen-bond acceptors (Lipinski definition) is 3. The Bertz CT molecular complexity index is 1300. The van der Waals surface area contributed by atoms with Crippen molar-refractivity contribution in [2.45, 2.75) is 6.92 Å². The van der Waals surface area contributed by atoms with Gasteiger partial charge in [-0.05, 0) is 60.5 Å². The van der Waals surface area contributed by atoms with Crippen LogP contribution in [-0.2, 0) is 0 Å². The number of para-hydroxylation sites is 1. The lowest BCUT2D eigenvalue weighted by Crippen LogP contribution is -2.23. The Balaban J connectivity index is 1.89. The maximum atomic E-state index is 13.4. The molecule has 0 aliphatic heterocycles. The standard InChI is InChI=1S/C25H22BrN3O/c1-17-6-4-5-7-23(17)29-24(15-10-18-8-12-20(13-9-18)28(2)3)27-22-14-11-19(26)16-21(22)25(29)30/h4-16H,1-3H3/b15-10+. The van der Waals surface area contributed by atoms with Crippen molar-refractivity contribution >= 4 is 44.7 Å². The third-order valence-corrected chi connectivity index (χ3v) is 5.54. The second-order valence-corrected chi connectivity index (χ2v) is 8.29. The lowest BCUT2D eigenvalue weighted by molar-refractivity contribution is 0.934. The summed E-state index contributed by atoms with van der Waals surface area (Å²) >= 11 is 3.46. The van der Waals surface area contributed by atoms with Crippen molar-refractivity contribution in [1.82, 2.24) is 9.55 Å². The molecule has 4 nitrogen and oxygen atoms in total. The predicted molar refractivity (Wildman–Crippen MR) is 129 cm³/mol. The van der Waals surface area contributed by atoms with Gasteiger partial charge in [-0.2, -0.15) is 0 Å². The fourth-order valence-corrected chi connectivity index (χ4v) is 3.75. The molecule has 3 aromatic carbocycles. The molecule has 0 N–H and O–H groups in total. The van der Waals surface area contributed by atoms with Crippen LogP contribution in [0.1, 0.15) is 17.0 Å². The van der Waals surface area contributed by atoms with Crippen LogP contribution in [0.4, 0.5) is 5.69 Å². The summed E-state index contributed by atoms with van der Waals surface area (Å²) in [6, 6.07) is 21.7. The van der Waals surface area contributed by atoms with E-state index in [-0.39, 0.29) is 5.56 Å². The van der Waals surface area contributed by atoms with Gasteiger partial charge in [0.05, 0.1) is 16.6 Å². The zero-order valence-electron chi connectivity index (χ0n) is 17.1. The van der Waals surface area contributed by atoms with Crippen LogP contribution in [0, 0.1) is 6.92 Å². The average Bonchev–Trinajstić information content (AvgIpc) is 2.74. The maximum Gasteiger partial charge on any atom is 0.266 e. The SMILES string of the molecule is Cc1ccccc1-n1c(/C=C/c2ccc(N(C)C)cc2)nc2ccc(Br)cc2c1=O. The first kappa shape index (κ1) is 20.1. The van der Waals surface area contributed by atoms with Gasteiger partial charge in [0.15, 0.2) is 0 Å². The molecule has 5 heteroatoms. The fourth-order valence-electron chi connectivity index (χ4n) is 3.39. The van der Waals surface area contributed by atoms with Crippen molar-refractivity contribution < 1.29 is 0 Å². The quantitative estimate of drug-likeness (QED) is 0.393. The van der Waals surface area contributed by atoms with E-state index < -0.39 is 0 Å². The van der Waals surface area contributed by atoms with Gasteiger partial charge in [0.2, 0.25) is 0 Å². The van der Waals surface area contributed by atoms with Crippen LogP contribution in [0.25, 0.3) is 28.7 Å². The summed E-state index contributed by atoms with van der Waals surface area (Å²) < 4.78 is 2.55. The molecule has 30 heavy (non-hydrogen) atoms. The van der Waals surface area contributed by atoms with Gasteiger partial charge < -0.3 is 4.90 Å². The number of anilines is 1. The minimum Gasteiger partial charge on any atom is -0.378 e. The van der Waals surface area contributed by atoms with Crippen LogP contribution in [-0.4, -0.2) is 23.6 Å². The molecule has 0 saturated carbocycles. The van der Waals surface area contributed by atoms with E-state index in [0.717, 1.165) is 27.0 Å². The Morgan fingerprint density at radius 2 is 1.70 bits per heavy atom. The molecule has 0 unspecified atom stereocenters. The van der Waals surface area contributed by atoms with Crippen LogP contribution >= 0.6 is 15.9 Å². The summed E-state index contributed by atoms with van der Waals surface area (Å²) in [5.41, 5.74) is 4.62. The van der Waals surface area contributed by atoms with E-state index in [4.69, 9.17) is 4.98 Å². The summed E-state index contributed by atoms with van der Waals surface area (Å²) in [6.45, 7) is 2.00. The van der Waals surface area contributed by atoms with Crippen LogP contribution < -0.4 is 10.5 Å². The molecule has 0 spiro atoms. The molecule has 0 aliphatic rings. The lowest BCUT2D eigenvalue weighted by atomic mass is 10.1. The van der Waals surface area contributed by atoms with E-state index in [2.05, 4.69) is 45.1 Å². The average molecular weight is 460 g/mol. The zero-order chi connectivity index (χ0) is 21.3. The highest BCUT2D eigenvalue weighted by Crippen LogP contribution is 2.21. The van der Waals surface area contributed by atoms with Crippen LogP contribution in [0.5, 0.6) is 0 Å². The first-order valence-electron chi connectivity index (χ1n) is 9.68. The van der Waals surface area contributed by atoms with Crippen LogP contribution in [0.2, 0.25) is 0 Å². The Morgan fingerprint density at radius 3 is 2.40 bits per heavy atom. The van der Waals surface area contributed by atoms with E-state index in [0.29, 0.717) is 16.7 Å². The molecule has 0 fully saturated rings. The first-order valence-corrected chi connectivity index (χ1v) is 10.5. The Kier molecular flexibility index (Phi) is 5.55. The van der Waals surface area contributed by atoms with E-state index in [9.17, 15) is 4.79 Å². The summed E-state index contributed by atoms with van der Waals surface area (Å²) in [5.74, 6) is 0.598. The van der Waals surface area contributed by atoms with Gasteiger partial charge in [0.25, 0.3) is 5.56 Å². The number of benzene rings is 3. The third kappa shape index (κ3) is 3.94. The lowest BCUT2D eigenvalue weighted by Gasteiger charge is -2.14. The largest absolute Gasteiger partial charge is 0.378 e. The number of fused-ring (bicyclic) bond motifs is 1. The fraction of sp³-hybridized carbons (Fsp3) is 0.120. The molecule has 0 saturated heterocycles. The summed E-state index contributed by atoms with van der Waals surface area (Å²) in [4.78, 5) is 20.3. The molecule has 150 valence electrons. The van der Waals surface area contributed by atoms with Crippen LogP contribution in [0.15, 0.2) is 76.0 Å². The van der Waals surface area contributed by atoms with Gasteiger partial charge in [-0.1, -0.05) is 52.3 Å². The van der Waals surface area contributed by atoms with Crippen molar-refractivity contribution in [3.63, 3.8) is 0 Å². The molecular formula is C25H22BrN3O. The van der Waals surface area contributed by atoms with Crippen molar-refractivity contribution in [3.05, 3.63) is 98.5 Å². The number of nitrogens with zero attached hydrogens (tertiary/aromatic N) is 3. The molecule has 0 bridgehead atoms. The topological polar surface area (TPSA) is 38.1 Å². The second-order valence-electron chi connectivity index (χ2n) is 7.38. The van der Waals surface area contributed by atoms with E-state index >= 15 is 0 Å². The van der Waals surface area contributed by atoms with Gasteiger partial charge in [-0.3, -0.25) is 9.36 Å². The van der Waals surface area contributed by atoms with Crippen molar-refractivity contribution in [2.75, 3.05) is 19.0 Å². The highest BCUT2D eigenvalue weighted by Gasteiger charge is 2.13. The Labute approximate surface area is 184 Å². The molecule has 1 heterocycles. The van der Waals surface area contributed by atoms with Crippen molar-refractivity contribution in [2.24, 2.45) is 0 Å². The Hall–Kier alpha value is -3.18. The molecule has 0 amide bonds. The zero-order valence-corrected chi connectivity index (χ0v) is 18.7. The Morgan fingerprint density at radius 1 is 0.967 bits per heavy atom. The third-order valence-electron chi connectivity index (χ3n) is 5.05. The highest BCUT2D eigenvalue weighted by molar-refractivity contribution is 9.10. The van der Waals surface area contributed by atoms with Crippen LogP contribution in [0.3, 0.4) is 0 Å². The molecule has 1 aromatic heterocycles. The molecular weight excluding hydrogens is 438 g/mol. The summed E-state index contributed by atoms with van der Waals surface area (Å²) in [5, 5.41) is 0.583. The number of aryl methyl sites for hydroxylation is 1. The predicted octanol–water partition coefficient (Wildman–Crippen LogP) is 5.69. The molecule has 4 rings (SSSR count). The molecule has 0 radical (unpaired) electrons. The van der Waals surface area contributed by atoms with Gasteiger partial charge in [0, 0.05) is 24.3 Å². The molecule has 0 aliphatic carbocycles. The number of rotatable bonds is 4. The van der Waals surface area contributed by atoms with Gasteiger partial charge in [-0.25, -0.2) is 4.98 Å². The number of hydrogen-bond donors (Lipinski definition) is 0. The molecule has 0 atom stereocenters. The van der Waals surface area contributed by atoms with E-state index in [1.165, 1.54) is 0 Å². The van der Waals surface area contributed by atoms with Gasteiger partial charge >= 0.3 is 0 Å². The minimum absolute atomic E-state index is 0.0850. The van der Waals surface area contributed by atoms with E-state index in [1.54, 1.807) is 4.57 Å². The van der Waals surface area contributed by atoms with Crippen molar-refractivity contribution in [1.29, 1.82) is 0 Å². The monoisotopic (exact) mass is 459 g/mol. The van der Waals surface area contributed by atoms with Crippen molar-refractivity contribution in [3.8, 4) is 5.69 Å². The van der Waals surface area contributed by atoms with Gasteiger partial charge in [-0.15, -0.1) is 0 Å². The summed E-state index contributed by atoms with van der Waals surface area (Å²) in [7, 11) is 4.03. The summed E-state index contributed by atoms with van der Waals surface area (Å²) in [6.07, 6.45) is 3.89. The molecule has 4 aromatic rings. The van der Waals surface area contributed by atoms with Gasteiger partial charge in [0.1, 0.15) is 5.82 Å². The smallest absolute Gasteiger partial charge is 0.266 e. The normalized spacial score (nSPS) is 11.3. The maximum absolute atomic E-state index is 13.4. The number of halogens is 1. The highest BCUT2D eigenvalue weighted by atomic mass is 79.9. The van der Waals surface area contributed by atoms with E-state index in [1.807, 2.05) is 75.6 Å². The minimum atomic E-state index is -0.0850. The first-order chi connectivity index (χ1) is 14.4. The number of aromatic nitrogens is 2.